The summed E-state index contributed by atoms with van der Waals surface area (Å²) in [6, 6.07) is 0. The fourth-order valence-electron chi connectivity index (χ4n) is 0. The zero-order valence-electron chi connectivity index (χ0n) is 13.3. The summed E-state index contributed by atoms with van der Waals surface area (Å²) in [6.07, 6.45) is 0. The second kappa shape index (κ2) is 13.7. The summed E-state index contributed by atoms with van der Waals surface area (Å²) in [5.74, 6) is 0. The van der Waals surface area contributed by atoms with Gasteiger partial charge in [-0.05, 0) is 37.8 Å². The lowest BCUT2D eigenvalue weighted by molar-refractivity contribution is 0.399. The first-order valence-corrected chi connectivity index (χ1v) is 12.0. The SMILES string of the molecule is C.CC(C)(C)[Si](C)(C)O.CO.CO.C[Si](C)(C)O. The highest BCUT2D eigenvalue weighted by Gasteiger charge is 2.32. The van der Waals surface area contributed by atoms with Crippen molar-refractivity contribution in [3.8, 4) is 0 Å². The molecule has 18 heavy (non-hydrogen) atoms. The van der Waals surface area contributed by atoms with Crippen molar-refractivity contribution in [2.75, 3.05) is 14.2 Å². The minimum Gasteiger partial charge on any atom is -0.433 e. The quantitative estimate of drug-likeness (QED) is 0.519. The van der Waals surface area contributed by atoms with E-state index in [0.717, 1.165) is 14.2 Å². The van der Waals surface area contributed by atoms with Crippen molar-refractivity contribution in [3.05, 3.63) is 0 Å². The van der Waals surface area contributed by atoms with Gasteiger partial charge in [-0.3, -0.25) is 0 Å². The van der Waals surface area contributed by atoms with Crippen LogP contribution in [-0.2, 0) is 0 Å². The lowest BCUT2D eigenvalue weighted by Gasteiger charge is -2.30. The van der Waals surface area contributed by atoms with E-state index in [9.17, 15) is 4.80 Å². The van der Waals surface area contributed by atoms with Crippen LogP contribution in [0.2, 0.25) is 37.8 Å². The van der Waals surface area contributed by atoms with Crippen LogP contribution >= 0.6 is 0 Å². The normalized spacial score (nSPS) is 10.3. The molecule has 0 heterocycles. The third-order valence-corrected chi connectivity index (χ3v) is 5.51. The first kappa shape index (κ1) is 30.9. The van der Waals surface area contributed by atoms with E-state index in [0.29, 0.717) is 0 Å². The van der Waals surface area contributed by atoms with E-state index < -0.39 is 16.6 Å². The fraction of sp³-hybridized carbons (Fsp3) is 1.00. The molecule has 0 amide bonds. The molecule has 0 saturated carbocycles. The molecule has 6 heteroatoms. The van der Waals surface area contributed by atoms with Crippen LogP contribution in [0.1, 0.15) is 28.2 Å². The summed E-state index contributed by atoms with van der Waals surface area (Å²) < 4.78 is 0. The maximum atomic E-state index is 9.49. The van der Waals surface area contributed by atoms with Gasteiger partial charge < -0.3 is 19.8 Å². The highest BCUT2D eigenvalue weighted by Crippen LogP contribution is 2.33. The lowest BCUT2D eigenvalue weighted by Crippen LogP contribution is -2.36. The minimum atomic E-state index is -1.86. The molecule has 0 fully saturated rings. The van der Waals surface area contributed by atoms with Gasteiger partial charge in [0, 0.05) is 14.2 Å². The number of aliphatic hydroxyl groups is 2. The van der Waals surface area contributed by atoms with E-state index in [1.165, 1.54) is 0 Å². The Morgan fingerprint density at radius 3 is 0.722 bits per heavy atom. The molecule has 118 valence electrons. The summed E-state index contributed by atoms with van der Waals surface area (Å²) in [4.78, 5) is 18.2. The van der Waals surface area contributed by atoms with Crippen molar-refractivity contribution in [1.29, 1.82) is 0 Å². The Bertz CT molecular complexity index is 126. The Kier molecular flexibility index (Phi) is 23.6. The summed E-state index contributed by atoms with van der Waals surface area (Å²) in [5, 5.41) is 14.1. The van der Waals surface area contributed by atoms with Crippen LogP contribution in [0.15, 0.2) is 0 Å². The van der Waals surface area contributed by atoms with E-state index >= 15 is 0 Å². The molecule has 0 aliphatic carbocycles. The van der Waals surface area contributed by atoms with Crippen LogP contribution in [0.3, 0.4) is 0 Å². The second-order valence-electron chi connectivity index (χ2n) is 5.98. The highest BCUT2D eigenvalue weighted by atomic mass is 28.4. The molecule has 0 unspecified atom stereocenters. The molecule has 0 saturated heterocycles. The molecule has 4 N–H and O–H groups in total. The number of aliphatic hydroxyl groups excluding tert-OH is 2. The molecule has 0 aromatic carbocycles. The third-order valence-electron chi connectivity index (χ3n) is 1.84. The zero-order valence-corrected chi connectivity index (χ0v) is 15.3. The minimum absolute atomic E-state index is 0. The molecule has 0 rings (SSSR count). The van der Waals surface area contributed by atoms with Gasteiger partial charge in [0.25, 0.3) is 0 Å². The summed E-state index contributed by atoms with van der Waals surface area (Å²) in [5.41, 5.74) is 0. The van der Waals surface area contributed by atoms with Gasteiger partial charge in [-0.2, -0.15) is 0 Å². The molecule has 0 aliphatic rings. The maximum Gasteiger partial charge on any atom is 0.187 e. The maximum absolute atomic E-state index is 9.49. The van der Waals surface area contributed by atoms with Crippen LogP contribution < -0.4 is 0 Å². The Morgan fingerprint density at radius 2 is 0.722 bits per heavy atom. The average Bonchev–Trinajstić information content (AvgIpc) is 2.05. The smallest absolute Gasteiger partial charge is 0.187 e. The molecule has 0 aromatic heterocycles. The molecule has 0 radical (unpaired) electrons. The van der Waals surface area contributed by atoms with Crippen molar-refractivity contribution < 1.29 is 19.8 Å². The average molecular weight is 303 g/mol. The van der Waals surface area contributed by atoms with Crippen LogP contribution in [0, 0.1) is 0 Å². The predicted molar refractivity (Wildman–Crippen MR) is 88.0 cm³/mol. The Labute approximate surface area is 117 Å². The van der Waals surface area contributed by atoms with E-state index in [1.807, 2.05) is 32.7 Å². The monoisotopic (exact) mass is 302 g/mol. The van der Waals surface area contributed by atoms with Crippen LogP contribution in [0.5, 0.6) is 0 Å². The van der Waals surface area contributed by atoms with Gasteiger partial charge >= 0.3 is 0 Å². The molecule has 0 aromatic rings. The largest absolute Gasteiger partial charge is 0.433 e. The number of hydrogen-bond donors (Lipinski definition) is 4. The van der Waals surface area contributed by atoms with Gasteiger partial charge in [0.2, 0.25) is 0 Å². The highest BCUT2D eigenvalue weighted by molar-refractivity contribution is 6.72. The summed E-state index contributed by atoms with van der Waals surface area (Å²) in [6.45, 7) is 15.8. The molecule has 0 aliphatic heterocycles. The standard InChI is InChI=1S/C6H16OSi.C3H10OSi.2CH4O.CH4/c1-6(2,3)8(4,5)7;1-5(2,3)4;2*1-2;/h7H,1-5H3;4H,1-3H3;2*2H,1H3;1H4. The van der Waals surface area contributed by atoms with E-state index in [-0.39, 0.29) is 12.5 Å². The second-order valence-corrected chi connectivity index (χ2v) is 14.9. The van der Waals surface area contributed by atoms with E-state index in [2.05, 4.69) is 20.8 Å². The molecule has 0 atom stereocenters. The van der Waals surface area contributed by atoms with Gasteiger partial charge in [0.15, 0.2) is 16.6 Å². The van der Waals surface area contributed by atoms with Gasteiger partial charge in [-0.15, -0.1) is 0 Å². The zero-order chi connectivity index (χ0) is 15.5. The lowest BCUT2D eigenvalue weighted by atomic mass is 10.2. The van der Waals surface area contributed by atoms with Gasteiger partial charge in [-0.25, -0.2) is 0 Å². The van der Waals surface area contributed by atoms with Crippen molar-refractivity contribution in [2.45, 2.75) is 66.0 Å². The first-order chi connectivity index (χ1) is 7.25. The first-order valence-electron chi connectivity index (χ1n) is 5.59. The third kappa shape index (κ3) is 44.1. The van der Waals surface area contributed by atoms with Crippen molar-refractivity contribution in [1.82, 2.24) is 0 Å². The van der Waals surface area contributed by atoms with Crippen molar-refractivity contribution in [3.63, 3.8) is 0 Å². The van der Waals surface area contributed by atoms with Crippen molar-refractivity contribution >= 4 is 16.6 Å². The van der Waals surface area contributed by atoms with Crippen molar-refractivity contribution in [2.24, 2.45) is 0 Å². The molecule has 4 nitrogen and oxygen atoms in total. The Balaban J connectivity index is -0.0000000491. The Morgan fingerprint density at radius 1 is 0.667 bits per heavy atom. The van der Waals surface area contributed by atoms with Crippen LogP contribution in [-0.4, -0.2) is 50.7 Å². The van der Waals surface area contributed by atoms with Gasteiger partial charge in [-0.1, -0.05) is 28.2 Å². The number of hydrogen-bond acceptors (Lipinski definition) is 4. The van der Waals surface area contributed by atoms with Crippen LogP contribution in [0.25, 0.3) is 0 Å². The number of rotatable bonds is 0. The van der Waals surface area contributed by atoms with E-state index in [4.69, 9.17) is 15.0 Å². The molecular formula is C12H38O4Si2. The Hall–Kier alpha value is 0.274. The van der Waals surface area contributed by atoms with Gasteiger partial charge in [0.05, 0.1) is 0 Å². The van der Waals surface area contributed by atoms with Gasteiger partial charge in [0.1, 0.15) is 0 Å². The molecular weight excluding hydrogens is 264 g/mol. The van der Waals surface area contributed by atoms with Crippen LogP contribution in [0.4, 0.5) is 0 Å². The predicted octanol–water partition coefficient (Wildman–Crippen LogP) is 2.65. The fourth-order valence-corrected chi connectivity index (χ4v) is 0. The van der Waals surface area contributed by atoms with E-state index in [1.54, 1.807) is 0 Å². The molecule has 0 bridgehead atoms. The summed E-state index contributed by atoms with van der Waals surface area (Å²) in [7, 11) is -1.47. The topological polar surface area (TPSA) is 80.9 Å². The summed E-state index contributed by atoms with van der Waals surface area (Å²) >= 11 is 0. The molecule has 0 spiro atoms.